The average Bonchev–Trinajstić information content (AvgIpc) is 3.52. The number of para-hydroxylation sites is 2. The van der Waals surface area contributed by atoms with Gasteiger partial charge in [0, 0.05) is 37.7 Å². The molecular formula is C24H27N3O5S. The van der Waals surface area contributed by atoms with Crippen molar-refractivity contribution in [1.29, 1.82) is 0 Å². The van der Waals surface area contributed by atoms with Crippen molar-refractivity contribution in [2.45, 2.75) is 42.6 Å². The van der Waals surface area contributed by atoms with E-state index in [4.69, 9.17) is 9.15 Å². The van der Waals surface area contributed by atoms with Crippen molar-refractivity contribution in [3.63, 3.8) is 0 Å². The summed E-state index contributed by atoms with van der Waals surface area (Å²) in [5, 5.41) is 0. The van der Waals surface area contributed by atoms with E-state index in [1.54, 1.807) is 17.0 Å². The fourth-order valence-electron chi connectivity index (χ4n) is 4.46. The molecule has 2 aromatic carbocycles. The van der Waals surface area contributed by atoms with Crippen LogP contribution in [0.4, 0.5) is 0 Å². The van der Waals surface area contributed by atoms with Crippen molar-refractivity contribution < 1.29 is 22.4 Å². The first kappa shape index (κ1) is 22.1. The number of ether oxygens (including phenoxy) is 1. The van der Waals surface area contributed by atoms with Crippen LogP contribution < -0.4 is 4.72 Å². The first-order valence-corrected chi connectivity index (χ1v) is 12.8. The molecule has 0 spiro atoms. The molecule has 5 rings (SSSR count). The number of nitrogens with zero attached hydrogens (tertiary/aromatic N) is 2. The zero-order valence-corrected chi connectivity index (χ0v) is 19.1. The Bertz CT molecular complexity index is 1210. The fraction of sp³-hybridized carbons (Fsp3) is 0.417. The summed E-state index contributed by atoms with van der Waals surface area (Å²) in [6, 6.07) is 13.9. The molecule has 1 atom stereocenters. The van der Waals surface area contributed by atoms with E-state index in [1.807, 2.05) is 24.3 Å². The molecular weight excluding hydrogens is 442 g/mol. The van der Waals surface area contributed by atoms with Crippen molar-refractivity contribution in [3.05, 3.63) is 60.0 Å². The van der Waals surface area contributed by atoms with Gasteiger partial charge in [-0.2, -0.15) is 0 Å². The number of nitrogens with one attached hydrogen (secondary N) is 1. The van der Waals surface area contributed by atoms with Gasteiger partial charge >= 0.3 is 0 Å². The number of piperidine rings is 1. The highest BCUT2D eigenvalue weighted by molar-refractivity contribution is 7.89. The Labute approximate surface area is 193 Å². The van der Waals surface area contributed by atoms with E-state index in [1.165, 1.54) is 12.1 Å². The predicted molar refractivity (Wildman–Crippen MR) is 122 cm³/mol. The van der Waals surface area contributed by atoms with Crippen LogP contribution in [0.15, 0.2) is 57.8 Å². The third-order valence-electron chi connectivity index (χ3n) is 6.36. The second-order valence-electron chi connectivity index (χ2n) is 8.60. The van der Waals surface area contributed by atoms with Gasteiger partial charge in [0.25, 0.3) is 5.91 Å². The second kappa shape index (κ2) is 9.24. The molecule has 2 saturated heterocycles. The minimum Gasteiger partial charge on any atom is -0.440 e. The SMILES string of the molecule is O=C(c1cccc(S(=O)(=O)NCC2CCCO2)c1)N1CCC(c2nc3ccccc3o2)CC1. The number of carbonyl (C=O) groups is 1. The van der Waals surface area contributed by atoms with Crippen LogP contribution in [0.1, 0.15) is 47.8 Å². The molecule has 1 aromatic heterocycles. The van der Waals surface area contributed by atoms with E-state index >= 15 is 0 Å². The molecule has 2 aliphatic rings. The monoisotopic (exact) mass is 469 g/mol. The Morgan fingerprint density at radius 3 is 2.67 bits per heavy atom. The molecule has 0 radical (unpaired) electrons. The fourth-order valence-corrected chi connectivity index (χ4v) is 5.58. The average molecular weight is 470 g/mol. The Kier molecular flexibility index (Phi) is 6.18. The van der Waals surface area contributed by atoms with Gasteiger partial charge in [0.15, 0.2) is 11.5 Å². The number of likely N-dealkylation sites (tertiary alicyclic amines) is 1. The lowest BCUT2D eigenvalue weighted by molar-refractivity contribution is 0.0706. The Morgan fingerprint density at radius 2 is 1.91 bits per heavy atom. The van der Waals surface area contributed by atoms with Gasteiger partial charge in [-0.05, 0) is 56.0 Å². The van der Waals surface area contributed by atoms with Crippen molar-refractivity contribution in [1.82, 2.24) is 14.6 Å². The highest BCUT2D eigenvalue weighted by Gasteiger charge is 2.28. The summed E-state index contributed by atoms with van der Waals surface area (Å²) in [4.78, 5) is 19.5. The molecule has 3 heterocycles. The maximum absolute atomic E-state index is 13.1. The van der Waals surface area contributed by atoms with Crippen LogP contribution in [0, 0.1) is 0 Å². The summed E-state index contributed by atoms with van der Waals surface area (Å²) in [7, 11) is -3.71. The summed E-state index contributed by atoms with van der Waals surface area (Å²) in [5.74, 6) is 0.714. The lowest BCUT2D eigenvalue weighted by Gasteiger charge is -2.30. The number of benzene rings is 2. The molecule has 0 aliphatic carbocycles. The molecule has 9 heteroatoms. The molecule has 0 bridgehead atoms. The lowest BCUT2D eigenvalue weighted by Crippen LogP contribution is -2.38. The van der Waals surface area contributed by atoms with E-state index in [9.17, 15) is 13.2 Å². The standard InChI is InChI=1S/C24H27N3O5S/c28-24(18-5-3-7-20(15-18)33(29,30)25-16-19-6-4-14-31-19)27-12-10-17(11-13-27)23-26-21-8-1-2-9-22(21)32-23/h1-3,5,7-9,15,17,19,25H,4,6,10-14,16H2. The number of carbonyl (C=O) groups excluding carboxylic acids is 1. The topological polar surface area (TPSA) is 102 Å². The summed E-state index contributed by atoms with van der Waals surface area (Å²) in [5.41, 5.74) is 1.99. The Hall–Kier alpha value is -2.75. The normalized spacial score (nSPS) is 19.9. The van der Waals surface area contributed by atoms with Crippen molar-refractivity contribution in [2.24, 2.45) is 0 Å². The molecule has 174 valence electrons. The highest BCUT2D eigenvalue weighted by atomic mass is 32.2. The van der Waals surface area contributed by atoms with Gasteiger partial charge in [-0.25, -0.2) is 18.1 Å². The molecule has 2 aliphatic heterocycles. The van der Waals surface area contributed by atoms with Crippen LogP contribution in [0.5, 0.6) is 0 Å². The summed E-state index contributed by atoms with van der Waals surface area (Å²) >= 11 is 0. The molecule has 33 heavy (non-hydrogen) atoms. The zero-order chi connectivity index (χ0) is 22.8. The van der Waals surface area contributed by atoms with Crippen molar-refractivity contribution in [3.8, 4) is 0 Å². The number of sulfonamides is 1. The molecule has 1 amide bonds. The van der Waals surface area contributed by atoms with Gasteiger partial charge in [0.05, 0.1) is 11.0 Å². The van der Waals surface area contributed by atoms with Crippen LogP contribution in [-0.4, -0.2) is 56.6 Å². The number of aromatic nitrogens is 1. The molecule has 2 fully saturated rings. The highest BCUT2D eigenvalue weighted by Crippen LogP contribution is 2.30. The smallest absolute Gasteiger partial charge is 0.253 e. The number of oxazole rings is 1. The third kappa shape index (κ3) is 4.80. The molecule has 1 unspecified atom stereocenters. The van der Waals surface area contributed by atoms with Gasteiger partial charge in [-0.3, -0.25) is 4.79 Å². The molecule has 8 nitrogen and oxygen atoms in total. The first-order valence-electron chi connectivity index (χ1n) is 11.4. The largest absolute Gasteiger partial charge is 0.440 e. The molecule has 1 N–H and O–H groups in total. The maximum Gasteiger partial charge on any atom is 0.253 e. The number of rotatable bonds is 6. The van der Waals surface area contributed by atoms with Gasteiger partial charge in [0.2, 0.25) is 10.0 Å². The minimum absolute atomic E-state index is 0.0905. The van der Waals surface area contributed by atoms with Gasteiger partial charge < -0.3 is 14.1 Å². The van der Waals surface area contributed by atoms with Gasteiger partial charge in [0.1, 0.15) is 5.52 Å². The first-order chi connectivity index (χ1) is 16.0. The van der Waals surface area contributed by atoms with Crippen LogP contribution in [-0.2, 0) is 14.8 Å². The quantitative estimate of drug-likeness (QED) is 0.594. The second-order valence-corrected chi connectivity index (χ2v) is 10.4. The van der Waals surface area contributed by atoms with Gasteiger partial charge in [-0.15, -0.1) is 0 Å². The van der Waals surface area contributed by atoms with Gasteiger partial charge in [-0.1, -0.05) is 18.2 Å². The summed E-state index contributed by atoms with van der Waals surface area (Å²) in [6.07, 6.45) is 3.20. The van der Waals surface area contributed by atoms with Crippen LogP contribution in [0.25, 0.3) is 11.1 Å². The minimum atomic E-state index is -3.71. The Balaban J connectivity index is 1.22. The lowest BCUT2D eigenvalue weighted by atomic mass is 9.96. The molecule has 3 aromatic rings. The number of fused-ring (bicyclic) bond motifs is 1. The van der Waals surface area contributed by atoms with Crippen LogP contribution in [0.3, 0.4) is 0 Å². The Morgan fingerprint density at radius 1 is 1.09 bits per heavy atom. The third-order valence-corrected chi connectivity index (χ3v) is 7.78. The van der Waals surface area contributed by atoms with E-state index in [0.29, 0.717) is 31.2 Å². The van der Waals surface area contributed by atoms with E-state index in [0.717, 1.165) is 36.8 Å². The van der Waals surface area contributed by atoms with Crippen LogP contribution >= 0.6 is 0 Å². The summed E-state index contributed by atoms with van der Waals surface area (Å²) in [6.45, 7) is 2.04. The maximum atomic E-state index is 13.1. The number of hydrogen-bond acceptors (Lipinski definition) is 6. The zero-order valence-electron chi connectivity index (χ0n) is 18.3. The van der Waals surface area contributed by atoms with E-state index in [2.05, 4.69) is 9.71 Å². The number of hydrogen-bond donors (Lipinski definition) is 1. The summed E-state index contributed by atoms with van der Waals surface area (Å²) < 4.78 is 39.4. The predicted octanol–water partition coefficient (Wildman–Crippen LogP) is 3.30. The van der Waals surface area contributed by atoms with Crippen molar-refractivity contribution >= 4 is 27.0 Å². The van der Waals surface area contributed by atoms with Crippen molar-refractivity contribution in [2.75, 3.05) is 26.2 Å². The van der Waals surface area contributed by atoms with Crippen LogP contribution in [0.2, 0.25) is 0 Å². The van der Waals surface area contributed by atoms with E-state index < -0.39 is 10.0 Å². The number of amides is 1. The van der Waals surface area contributed by atoms with E-state index in [-0.39, 0.29) is 29.4 Å². The molecule has 0 saturated carbocycles.